The minimum Gasteiger partial charge on any atom is -0.373 e. The fraction of sp³-hybridized carbons (Fsp3) is 0.688. The highest BCUT2D eigenvalue weighted by Gasteiger charge is 2.41. The maximum absolute atomic E-state index is 5.90. The predicted molar refractivity (Wildman–Crippen MR) is 87.9 cm³/mol. The minimum absolute atomic E-state index is 0.382. The molecule has 0 saturated carbocycles. The fourth-order valence-electron chi connectivity index (χ4n) is 3.14. The zero-order chi connectivity index (χ0) is 14.7. The maximum atomic E-state index is 5.90. The highest BCUT2D eigenvalue weighted by molar-refractivity contribution is 7.11. The van der Waals surface area contributed by atoms with E-state index < -0.39 is 0 Å². The number of thiophene rings is 1. The van der Waals surface area contributed by atoms with Crippen molar-refractivity contribution in [3.05, 3.63) is 21.9 Å². The first-order valence-corrected chi connectivity index (χ1v) is 8.88. The first-order chi connectivity index (χ1) is 10.3. The Hall–Kier alpha value is -1.07. The van der Waals surface area contributed by atoms with Crippen molar-refractivity contribution in [2.75, 3.05) is 6.54 Å². The summed E-state index contributed by atoms with van der Waals surface area (Å²) in [6, 6.07) is 4.83. The van der Waals surface area contributed by atoms with Crippen molar-refractivity contribution < 1.29 is 4.74 Å². The van der Waals surface area contributed by atoms with Crippen LogP contribution in [0.2, 0.25) is 0 Å². The number of ether oxygens (including phenoxy) is 1. The summed E-state index contributed by atoms with van der Waals surface area (Å²) in [7, 11) is 0. The van der Waals surface area contributed by atoms with Gasteiger partial charge < -0.3 is 15.4 Å². The lowest BCUT2D eigenvalue weighted by Gasteiger charge is -2.22. The lowest BCUT2D eigenvalue weighted by Crippen LogP contribution is -2.47. The molecule has 2 N–H and O–H groups in total. The van der Waals surface area contributed by atoms with E-state index in [0.29, 0.717) is 18.2 Å². The van der Waals surface area contributed by atoms with Gasteiger partial charge in [-0.2, -0.15) is 0 Å². The van der Waals surface area contributed by atoms with Crippen molar-refractivity contribution in [1.29, 1.82) is 0 Å². The third-order valence-corrected chi connectivity index (χ3v) is 5.45. The van der Waals surface area contributed by atoms with Crippen molar-refractivity contribution in [3.8, 4) is 0 Å². The van der Waals surface area contributed by atoms with Crippen LogP contribution in [0.1, 0.15) is 42.9 Å². The molecule has 21 heavy (non-hydrogen) atoms. The standard InChI is InChI=1S/C16H25N3OS/c1-3-12-6-7-13(21-12)10-18-16(17-4-2)19-14-9-11-5-8-15(14)20-11/h6-7,11,14-15H,3-5,8-10H2,1-2H3,(H2,17,18,19). The van der Waals surface area contributed by atoms with Crippen molar-refractivity contribution in [3.63, 3.8) is 0 Å². The van der Waals surface area contributed by atoms with Gasteiger partial charge in [-0.15, -0.1) is 11.3 Å². The number of rotatable bonds is 5. The smallest absolute Gasteiger partial charge is 0.191 e. The van der Waals surface area contributed by atoms with Gasteiger partial charge in [-0.05, 0) is 44.7 Å². The molecule has 116 valence electrons. The summed E-state index contributed by atoms with van der Waals surface area (Å²) >= 11 is 1.86. The van der Waals surface area contributed by atoms with Gasteiger partial charge in [0.2, 0.25) is 0 Å². The van der Waals surface area contributed by atoms with E-state index >= 15 is 0 Å². The van der Waals surface area contributed by atoms with Crippen LogP contribution < -0.4 is 10.6 Å². The second-order valence-electron chi connectivity index (χ2n) is 5.78. The molecule has 4 nitrogen and oxygen atoms in total. The van der Waals surface area contributed by atoms with E-state index in [1.165, 1.54) is 22.6 Å². The summed E-state index contributed by atoms with van der Waals surface area (Å²) < 4.78 is 5.90. The Balaban J connectivity index is 1.59. The maximum Gasteiger partial charge on any atom is 0.191 e. The van der Waals surface area contributed by atoms with Gasteiger partial charge in [0.15, 0.2) is 5.96 Å². The topological polar surface area (TPSA) is 45.7 Å². The van der Waals surface area contributed by atoms with E-state index in [1.54, 1.807) is 0 Å². The van der Waals surface area contributed by atoms with E-state index in [-0.39, 0.29) is 0 Å². The van der Waals surface area contributed by atoms with Crippen LogP contribution in [0.15, 0.2) is 17.1 Å². The summed E-state index contributed by atoms with van der Waals surface area (Å²) in [5.41, 5.74) is 0. The predicted octanol–water partition coefficient (Wildman–Crippen LogP) is 2.69. The molecule has 2 bridgehead atoms. The molecule has 2 saturated heterocycles. The van der Waals surface area contributed by atoms with Crippen LogP contribution in [0.5, 0.6) is 0 Å². The van der Waals surface area contributed by atoms with Crippen molar-refractivity contribution in [1.82, 2.24) is 10.6 Å². The molecule has 0 aliphatic carbocycles. The van der Waals surface area contributed by atoms with Gasteiger partial charge in [0.1, 0.15) is 0 Å². The number of nitrogens with one attached hydrogen (secondary N) is 2. The van der Waals surface area contributed by atoms with E-state index in [0.717, 1.165) is 31.9 Å². The third-order valence-electron chi connectivity index (χ3n) is 4.23. The second kappa shape index (κ2) is 6.79. The Morgan fingerprint density at radius 2 is 2.19 bits per heavy atom. The molecule has 1 aromatic heterocycles. The number of aryl methyl sites for hydroxylation is 1. The molecule has 2 aliphatic rings. The second-order valence-corrected chi connectivity index (χ2v) is 7.03. The molecule has 0 aromatic carbocycles. The van der Waals surface area contributed by atoms with E-state index in [9.17, 15) is 0 Å². The molecule has 3 heterocycles. The van der Waals surface area contributed by atoms with Crippen LogP contribution in [0.3, 0.4) is 0 Å². The number of fused-ring (bicyclic) bond motifs is 2. The van der Waals surface area contributed by atoms with Crippen molar-refractivity contribution in [2.24, 2.45) is 4.99 Å². The van der Waals surface area contributed by atoms with E-state index in [4.69, 9.17) is 9.73 Å². The monoisotopic (exact) mass is 307 g/mol. The van der Waals surface area contributed by atoms with Crippen LogP contribution in [0.4, 0.5) is 0 Å². The van der Waals surface area contributed by atoms with Crippen LogP contribution >= 0.6 is 11.3 Å². The molecule has 3 atom stereocenters. The Morgan fingerprint density at radius 3 is 2.81 bits per heavy atom. The summed E-state index contributed by atoms with van der Waals surface area (Å²) in [6.45, 7) is 5.94. The molecule has 0 radical (unpaired) electrons. The molecular weight excluding hydrogens is 282 g/mol. The van der Waals surface area contributed by atoms with Gasteiger partial charge in [-0.3, -0.25) is 0 Å². The lowest BCUT2D eigenvalue weighted by molar-refractivity contribution is 0.0992. The quantitative estimate of drug-likeness (QED) is 0.649. The zero-order valence-corrected chi connectivity index (χ0v) is 13.7. The average molecular weight is 307 g/mol. The van der Waals surface area contributed by atoms with Crippen molar-refractivity contribution >= 4 is 17.3 Å². The average Bonchev–Trinajstić information content (AvgIpc) is 3.21. The zero-order valence-electron chi connectivity index (χ0n) is 12.9. The number of guanidine groups is 1. The molecule has 3 rings (SSSR count). The molecule has 2 aliphatic heterocycles. The fourth-order valence-corrected chi connectivity index (χ4v) is 4.02. The summed E-state index contributed by atoms with van der Waals surface area (Å²) in [6.07, 6.45) is 5.49. The molecule has 0 amide bonds. The van der Waals surface area contributed by atoms with Gasteiger partial charge in [0.05, 0.1) is 24.8 Å². The van der Waals surface area contributed by atoms with Crippen molar-refractivity contribution in [2.45, 2.75) is 64.3 Å². The van der Waals surface area contributed by atoms with Crippen LogP contribution in [-0.4, -0.2) is 30.8 Å². The lowest BCUT2D eigenvalue weighted by atomic mass is 9.96. The molecular formula is C16H25N3OS. The van der Waals surface area contributed by atoms with E-state index in [2.05, 4.69) is 36.6 Å². The van der Waals surface area contributed by atoms with Gasteiger partial charge in [-0.1, -0.05) is 6.92 Å². The summed E-state index contributed by atoms with van der Waals surface area (Å²) in [5, 5.41) is 6.91. The third kappa shape index (κ3) is 3.58. The number of hydrogen-bond donors (Lipinski definition) is 2. The Labute approximate surface area is 131 Å². The number of aliphatic imine (C=N–C) groups is 1. The van der Waals surface area contributed by atoms with Crippen LogP contribution in [-0.2, 0) is 17.7 Å². The highest BCUT2D eigenvalue weighted by atomic mass is 32.1. The number of nitrogens with zero attached hydrogens (tertiary/aromatic N) is 1. The SMILES string of the molecule is CCNC(=NCc1ccc(CC)s1)NC1CC2CCC1O2. The summed E-state index contributed by atoms with van der Waals surface area (Å²) in [5.74, 6) is 0.921. The van der Waals surface area contributed by atoms with Crippen LogP contribution in [0.25, 0.3) is 0 Å². The van der Waals surface area contributed by atoms with Gasteiger partial charge in [-0.25, -0.2) is 4.99 Å². The Kier molecular flexibility index (Phi) is 4.80. The first kappa shape index (κ1) is 14.9. The molecule has 2 fully saturated rings. The molecule has 1 aromatic rings. The normalized spacial score (nSPS) is 28.1. The highest BCUT2D eigenvalue weighted by Crippen LogP contribution is 2.34. The van der Waals surface area contributed by atoms with Crippen LogP contribution in [0, 0.1) is 0 Å². The van der Waals surface area contributed by atoms with E-state index in [1.807, 2.05) is 11.3 Å². The molecule has 3 unspecified atom stereocenters. The first-order valence-electron chi connectivity index (χ1n) is 8.06. The van der Waals surface area contributed by atoms with Gasteiger partial charge in [0.25, 0.3) is 0 Å². The molecule has 0 spiro atoms. The molecule has 5 heteroatoms. The Bertz CT molecular complexity index is 499. The van der Waals surface area contributed by atoms with Gasteiger partial charge >= 0.3 is 0 Å². The van der Waals surface area contributed by atoms with Gasteiger partial charge in [0, 0.05) is 16.3 Å². The minimum atomic E-state index is 0.382. The summed E-state index contributed by atoms with van der Waals surface area (Å²) in [4.78, 5) is 7.49. The largest absolute Gasteiger partial charge is 0.373 e. The Morgan fingerprint density at radius 1 is 1.33 bits per heavy atom. The number of hydrogen-bond acceptors (Lipinski definition) is 3.